The molecule has 0 unspecified atom stereocenters. The first-order valence-corrected chi connectivity index (χ1v) is 6.37. The van der Waals surface area contributed by atoms with E-state index in [0.717, 1.165) is 19.4 Å². The topological polar surface area (TPSA) is 20.3 Å². The zero-order valence-corrected chi connectivity index (χ0v) is 8.34. The summed E-state index contributed by atoms with van der Waals surface area (Å²) in [6, 6.07) is 0. The van der Waals surface area contributed by atoms with Gasteiger partial charge >= 0.3 is 0 Å². The molecule has 1 aliphatic rings. The molecule has 1 fully saturated rings. The van der Waals surface area contributed by atoms with Crippen molar-refractivity contribution in [3.63, 3.8) is 0 Å². The number of hydrogen-bond acceptors (Lipinski definition) is 3. The van der Waals surface area contributed by atoms with Gasteiger partial charge in [0.25, 0.3) is 0 Å². The molecule has 0 atom stereocenters. The highest BCUT2D eigenvalue weighted by Gasteiger charge is 2.16. The molecule has 1 amide bonds. The second-order valence-electron chi connectivity index (χ2n) is 2.55. The van der Waals surface area contributed by atoms with Crippen molar-refractivity contribution in [2.24, 2.45) is 0 Å². The van der Waals surface area contributed by atoms with E-state index in [1.807, 2.05) is 10.6 Å². The molecule has 0 aromatic rings. The van der Waals surface area contributed by atoms with Crippen LogP contribution in [0.15, 0.2) is 0 Å². The van der Waals surface area contributed by atoms with E-state index in [4.69, 9.17) is 0 Å². The maximum absolute atomic E-state index is 11.3. The van der Waals surface area contributed by atoms with Gasteiger partial charge in [0.1, 0.15) is 0 Å². The predicted molar refractivity (Wildman–Crippen MR) is 51.3 cm³/mol. The summed E-state index contributed by atoms with van der Waals surface area (Å²) in [7, 11) is 3.22. The van der Waals surface area contributed by atoms with Gasteiger partial charge in [-0.3, -0.25) is 9.10 Å². The van der Waals surface area contributed by atoms with Crippen LogP contribution in [0, 0.1) is 0 Å². The Morgan fingerprint density at radius 1 is 1.36 bits per heavy atom. The molecule has 0 aromatic heterocycles. The normalized spacial score (nSPS) is 20.1. The van der Waals surface area contributed by atoms with Crippen molar-refractivity contribution >= 4 is 27.7 Å². The Balaban J connectivity index is 2.39. The van der Waals surface area contributed by atoms with Gasteiger partial charge in [0.2, 0.25) is 5.91 Å². The summed E-state index contributed by atoms with van der Waals surface area (Å²) in [6.07, 6.45) is 6.19. The van der Waals surface area contributed by atoms with E-state index in [0.29, 0.717) is 5.91 Å². The van der Waals surface area contributed by atoms with E-state index in [9.17, 15) is 4.79 Å². The molecule has 1 aliphatic heterocycles. The van der Waals surface area contributed by atoms with Gasteiger partial charge in [-0.05, 0) is 19.1 Å². The Bertz CT molecular complexity index is 140. The molecule has 4 heteroatoms. The maximum atomic E-state index is 11.3. The summed E-state index contributed by atoms with van der Waals surface area (Å²) in [5.41, 5.74) is 0. The van der Waals surface area contributed by atoms with E-state index in [1.54, 1.807) is 21.8 Å². The fourth-order valence-corrected chi connectivity index (χ4v) is 2.70. The smallest absolute Gasteiger partial charge is 0.233 e. The number of carbonyl (C=O) groups excluding carboxylic acids is 1. The number of hydrogen-bond donors (Lipinski definition) is 0. The van der Waals surface area contributed by atoms with Crippen molar-refractivity contribution in [1.29, 1.82) is 0 Å². The van der Waals surface area contributed by atoms with Crippen LogP contribution in [0.1, 0.15) is 25.7 Å². The standard InChI is InChI=1S/C7H13NOS2/c1-10-11-8-6-4-2-3-5-7(8)9/h2-6H2,1H3. The molecule has 0 N–H and O–H groups in total. The summed E-state index contributed by atoms with van der Waals surface area (Å²) < 4.78 is 1.89. The van der Waals surface area contributed by atoms with E-state index >= 15 is 0 Å². The third-order valence-electron chi connectivity index (χ3n) is 1.69. The van der Waals surface area contributed by atoms with Gasteiger partial charge in [-0.15, -0.1) is 0 Å². The SMILES string of the molecule is CSSN1CCCCCC1=O. The van der Waals surface area contributed by atoms with Crippen molar-refractivity contribution < 1.29 is 4.79 Å². The molecule has 2 nitrogen and oxygen atoms in total. The second-order valence-corrected chi connectivity index (χ2v) is 4.92. The summed E-state index contributed by atoms with van der Waals surface area (Å²) in [6.45, 7) is 0.935. The number of carbonyl (C=O) groups is 1. The van der Waals surface area contributed by atoms with Crippen LogP contribution in [0.4, 0.5) is 0 Å². The average Bonchev–Trinajstić information content (AvgIpc) is 2.18. The minimum absolute atomic E-state index is 0.307. The van der Waals surface area contributed by atoms with Crippen LogP contribution in [-0.4, -0.2) is 23.0 Å². The first kappa shape index (κ1) is 9.26. The highest BCUT2D eigenvalue weighted by molar-refractivity contribution is 8.75. The van der Waals surface area contributed by atoms with Crippen LogP contribution in [0.3, 0.4) is 0 Å². The lowest BCUT2D eigenvalue weighted by Crippen LogP contribution is -2.21. The highest BCUT2D eigenvalue weighted by Crippen LogP contribution is 2.26. The minimum Gasteiger partial charge on any atom is -0.277 e. The van der Waals surface area contributed by atoms with Crippen LogP contribution in [0.5, 0.6) is 0 Å². The maximum Gasteiger partial charge on any atom is 0.233 e. The first-order valence-electron chi connectivity index (χ1n) is 3.86. The summed E-state index contributed by atoms with van der Waals surface area (Å²) in [5.74, 6) is 0.307. The molecule has 0 saturated carbocycles. The molecule has 1 saturated heterocycles. The Morgan fingerprint density at radius 2 is 2.18 bits per heavy atom. The lowest BCUT2D eigenvalue weighted by atomic mass is 10.2. The molecule has 0 bridgehead atoms. The monoisotopic (exact) mass is 191 g/mol. The molecule has 64 valence electrons. The number of amides is 1. The quantitative estimate of drug-likeness (QED) is 0.493. The fraction of sp³-hybridized carbons (Fsp3) is 0.857. The second kappa shape index (κ2) is 4.93. The van der Waals surface area contributed by atoms with Crippen molar-refractivity contribution in [2.45, 2.75) is 25.7 Å². The number of rotatable bonds is 2. The van der Waals surface area contributed by atoms with E-state index in [-0.39, 0.29) is 0 Å². The van der Waals surface area contributed by atoms with Crippen molar-refractivity contribution in [3.8, 4) is 0 Å². The fourth-order valence-electron chi connectivity index (χ4n) is 1.13. The van der Waals surface area contributed by atoms with Crippen molar-refractivity contribution in [2.75, 3.05) is 12.8 Å². The van der Waals surface area contributed by atoms with Crippen LogP contribution in [0.25, 0.3) is 0 Å². The Morgan fingerprint density at radius 3 is 2.91 bits per heavy atom. The Kier molecular flexibility index (Phi) is 4.15. The Labute approximate surface area is 75.6 Å². The molecule has 0 spiro atoms. The lowest BCUT2D eigenvalue weighted by Gasteiger charge is -2.16. The van der Waals surface area contributed by atoms with Crippen molar-refractivity contribution in [3.05, 3.63) is 0 Å². The summed E-state index contributed by atoms with van der Waals surface area (Å²) in [5, 5.41) is 0. The van der Waals surface area contributed by atoms with Crippen LogP contribution >= 0.6 is 21.8 Å². The van der Waals surface area contributed by atoms with Crippen LogP contribution in [0.2, 0.25) is 0 Å². The summed E-state index contributed by atoms with van der Waals surface area (Å²) in [4.78, 5) is 11.3. The van der Waals surface area contributed by atoms with Gasteiger partial charge in [0.05, 0.1) is 0 Å². The lowest BCUT2D eigenvalue weighted by molar-refractivity contribution is -0.125. The van der Waals surface area contributed by atoms with Crippen molar-refractivity contribution in [1.82, 2.24) is 4.31 Å². The third kappa shape index (κ3) is 2.95. The van der Waals surface area contributed by atoms with Crippen LogP contribution in [-0.2, 0) is 4.79 Å². The van der Waals surface area contributed by atoms with Gasteiger partial charge in [0, 0.05) is 23.9 Å². The molecule has 0 radical (unpaired) electrons. The van der Waals surface area contributed by atoms with E-state index in [1.165, 1.54) is 12.8 Å². The Hall–Kier alpha value is 0.170. The van der Waals surface area contributed by atoms with E-state index < -0.39 is 0 Å². The van der Waals surface area contributed by atoms with Gasteiger partial charge in [-0.25, -0.2) is 0 Å². The largest absolute Gasteiger partial charge is 0.277 e. The highest BCUT2D eigenvalue weighted by atomic mass is 33.1. The van der Waals surface area contributed by atoms with Gasteiger partial charge in [-0.1, -0.05) is 17.2 Å². The molecular formula is C7H13NOS2. The molecule has 1 rings (SSSR count). The third-order valence-corrected chi connectivity index (χ3v) is 3.40. The van der Waals surface area contributed by atoms with E-state index in [2.05, 4.69) is 0 Å². The zero-order chi connectivity index (χ0) is 8.10. The molecule has 1 heterocycles. The summed E-state index contributed by atoms with van der Waals surface area (Å²) >= 11 is 0. The van der Waals surface area contributed by atoms with Gasteiger partial charge in [0.15, 0.2) is 0 Å². The minimum atomic E-state index is 0.307. The van der Waals surface area contributed by atoms with Gasteiger partial charge < -0.3 is 0 Å². The molecular weight excluding hydrogens is 178 g/mol. The molecule has 11 heavy (non-hydrogen) atoms. The number of nitrogens with zero attached hydrogens (tertiary/aromatic N) is 1. The average molecular weight is 191 g/mol. The predicted octanol–water partition coefficient (Wildman–Crippen LogP) is 2.32. The van der Waals surface area contributed by atoms with Gasteiger partial charge in [-0.2, -0.15) is 0 Å². The van der Waals surface area contributed by atoms with Crippen LogP contribution < -0.4 is 0 Å². The first-order chi connectivity index (χ1) is 5.34. The molecule has 0 aromatic carbocycles. The molecule has 0 aliphatic carbocycles. The zero-order valence-electron chi connectivity index (χ0n) is 6.71.